The number of fused-ring (bicyclic) bond motifs is 1. The van der Waals surface area contributed by atoms with E-state index in [1.165, 1.54) is 0 Å². The third-order valence-corrected chi connectivity index (χ3v) is 4.14. The second-order valence-corrected chi connectivity index (χ2v) is 5.81. The first-order valence-electron chi connectivity index (χ1n) is 7.91. The molecule has 6 heteroatoms. The molecular formula is C16H24ClN5. The van der Waals surface area contributed by atoms with E-state index in [4.69, 9.17) is 11.6 Å². The molecule has 120 valence electrons. The number of halogens is 1. The zero-order chi connectivity index (χ0) is 15.9. The molecule has 1 unspecified atom stereocenters. The smallest absolute Gasteiger partial charge is 0.178 e. The van der Waals surface area contributed by atoms with Gasteiger partial charge in [0.05, 0.1) is 0 Å². The van der Waals surface area contributed by atoms with Gasteiger partial charge in [-0.15, -0.1) is 10.2 Å². The Balaban J connectivity index is 1.97. The van der Waals surface area contributed by atoms with Crippen molar-refractivity contribution >= 4 is 28.3 Å². The van der Waals surface area contributed by atoms with E-state index >= 15 is 0 Å². The van der Waals surface area contributed by atoms with Crippen molar-refractivity contribution in [2.45, 2.75) is 39.7 Å². The lowest BCUT2D eigenvalue weighted by Crippen LogP contribution is -2.25. The number of nitrogens with zero attached hydrogens (tertiary/aromatic N) is 4. The molecular weight excluding hydrogens is 298 g/mol. The Hall–Kier alpha value is -1.46. The molecule has 0 aromatic carbocycles. The molecule has 1 atom stereocenters. The monoisotopic (exact) mass is 321 g/mol. The Morgan fingerprint density at radius 1 is 1.27 bits per heavy atom. The van der Waals surface area contributed by atoms with Gasteiger partial charge in [0.1, 0.15) is 5.52 Å². The fraction of sp³-hybridized carbons (Fsp3) is 0.562. The highest BCUT2D eigenvalue weighted by atomic mass is 35.5. The fourth-order valence-corrected chi connectivity index (χ4v) is 2.72. The molecule has 2 aromatic heterocycles. The van der Waals surface area contributed by atoms with Crippen LogP contribution in [0.4, 0.5) is 5.82 Å². The summed E-state index contributed by atoms with van der Waals surface area (Å²) < 4.78 is 0. The lowest BCUT2D eigenvalue weighted by Gasteiger charge is -2.20. The molecule has 0 bridgehead atoms. The maximum absolute atomic E-state index is 6.05. The molecule has 0 aliphatic rings. The zero-order valence-corrected chi connectivity index (χ0v) is 14.3. The summed E-state index contributed by atoms with van der Waals surface area (Å²) in [6.07, 6.45) is 3.96. The average Bonchev–Trinajstić information content (AvgIpc) is 2.54. The first kappa shape index (κ1) is 16.9. The predicted molar refractivity (Wildman–Crippen MR) is 92.4 cm³/mol. The largest absolute Gasteiger partial charge is 0.366 e. The van der Waals surface area contributed by atoms with Gasteiger partial charge in [0.15, 0.2) is 11.0 Å². The van der Waals surface area contributed by atoms with Crippen LogP contribution in [-0.4, -0.2) is 45.8 Å². The lowest BCUT2D eigenvalue weighted by molar-refractivity contribution is 0.295. The Morgan fingerprint density at radius 3 is 2.77 bits per heavy atom. The summed E-state index contributed by atoms with van der Waals surface area (Å²) in [6, 6.07) is 4.18. The second-order valence-electron chi connectivity index (χ2n) is 5.45. The van der Waals surface area contributed by atoms with E-state index in [1.54, 1.807) is 6.20 Å². The Kier molecular flexibility index (Phi) is 6.34. The summed E-state index contributed by atoms with van der Waals surface area (Å²) >= 11 is 6.05. The molecule has 1 N–H and O–H groups in total. The third kappa shape index (κ3) is 4.27. The van der Waals surface area contributed by atoms with Crippen molar-refractivity contribution in [2.24, 2.45) is 0 Å². The summed E-state index contributed by atoms with van der Waals surface area (Å²) in [5.41, 5.74) is 0.692. The van der Waals surface area contributed by atoms with Gasteiger partial charge >= 0.3 is 0 Å². The topological polar surface area (TPSA) is 53.9 Å². The first-order valence-corrected chi connectivity index (χ1v) is 8.29. The number of pyridine rings is 1. The standard InChI is InChI=1S/C16H24ClN5/c1-4-22(5-2)11-7-8-12(3)19-16-13-9-6-10-18-14(13)15(17)20-21-16/h6,9-10,12H,4-5,7-8,11H2,1-3H3,(H,19,21). The summed E-state index contributed by atoms with van der Waals surface area (Å²) in [5, 5.41) is 12.8. The first-order chi connectivity index (χ1) is 10.7. The summed E-state index contributed by atoms with van der Waals surface area (Å²) in [6.45, 7) is 9.92. The zero-order valence-electron chi connectivity index (χ0n) is 13.5. The number of rotatable bonds is 8. The van der Waals surface area contributed by atoms with Crippen molar-refractivity contribution < 1.29 is 0 Å². The van der Waals surface area contributed by atoms with Crippen molar-refractivity contribution in [3.8, 4) is 0 Å². The quantitative estimate of drug-likeness (QED) is 0.805. The van der Waals surface area contributed by atoms with Gasteiger partial charge in [-0.1, -0.05) is 25.4 Å². The molecule has 0 spiro atoms. The van der Waals surface area contributed by atoms with Gasteiger partial charge in [-0.2, -0.15) is 0 Å². The van der Waals surface area contributed by atoms with E-state index in [0.29, 0.717) is 16.7 Å². The number of hydrogen-bond donors (Lipinski definition) is 1. The van der Waals surface area contributed by atoms with Gasteiger partial charge < -0.3 is 10.2 Å². The molecule has 22 heavy (non-hydrogen) atoms. The Morgan fingerprint density at radius 2 is 2.05 bits per heavy atom. The molecule has 0 saturated heterocycles. The molecule has 0 saturated carbocycles. The molecule has 0 amide bonds. The minimum Gasteiger partial charge on any atom is -0.366 e. The van der Waals surface area contributed by atoms with Crippen LogP contribution in [-0.2, 0) is 0 Å². The van der Waals surface area contributed by atoms with E-state index in [2.05, 4.69) is 46.2 Å². The van der Waals surface area contributed by atoms with Crippen LogP contribution in [0, 0.1) is 0 Å². The molecule has 0 aliphatic carbocycles. The van der Waals surface area contributed by atoms with E-state index in [1.807, 2.05) is 12.1 Å². The Labute approximate surface area is 137 Å². The van der Waals surface area contributed by atoms with E-state index in [0.717, 1.165) is 43.7 Å². The average molecular weight is 322 g/mol. The van der Waals surface area contributed by atoms with Crippen LogP contribution in [0.25, 0.3) is 10.9 Å². The fourth-order valence-electron chi connectivity index (χ4n) is 2.53. The van der Waals surface area contributed by atoms with Gasteiger partial charge in [0, 0.05) is 17.6 Å². The predicted octanol–water partition coefficient (Wildman–Crippen LogP) is 3.60. The number of aromatic nitrogens is 3. The van der Waals surface area contributed by atoms with Gasteiger partial charge in [0.25, 0.3) is 0 Å². The normalized spacial score (nSPS) is 12.8. The summed E-state index contributed by atoms with van der Waals surface area (Å²) in [5.74, 6) is 0.753. The van der Waals surface area contributed by atoms with Crippen LogP contribution in [0.2, 0.25) is 5.15 Å². The highest BCUT2D eigenvalue weighted by Gasteiger charge is 2.11. The molecule has 2 heterocycles. The highest BCUT2D eigenvalue weighted by molar-refractivity contribution is 6.33. The van der Waals surface area contributed by atoms with E-state index < -0.39 is 0 Å². The third-order valence-electron chi connectivity index (χ3n) is 3.89. The number of hydrogen-bond acceptors (Lipinski definition) is 5. The van der Waals surface area contributed by atoms with Gasteiger partial charge in [-0.05, 0) is 51.5 Å². The summed E-state index contributed by atoms with van der Waals surface area (Å²) in [4.78, 5) is 6.71. The minimum atomic E-state index is 0.328. The highest BCUT2D eigenvalue weighted by Crippen LogP contribution is 2.24. The summed E-state index contributed by atoms with van der Waals surface area (Å²) in [7, 11) is 0. The number of nitrogens with one attached hydrogen (secondary N) is 1. The van der Waals surface area contributed by atoms with Gasteiger partial charge in [-0.3, -0.25) is 4.98 Å². The molecule has 2 rings (SSSR count). The van der Waals surface area contributed by atoms with Gasteiger partial charge in [-0.25, -0.2) is 0 Å². The molecule has 2 aromatic rings. The van der Waals surface area contributed by atoms with E-state index in [-0.39, 0.29) is 0 Å². The van der Waals surface area contributed by atoms with Crippen molar-refractivity contribution in [3.63, 3.8) is 0 Å². The van der Waals surface area contributed by atoms with Gasteiger partial charge in [0.2, 0.25) is 0 Å². The SMILES string of the molecule is CCN(CC)CCCC(C)Nc1nnc(Cl)c2ncccc12. The molecule has 5 nitrogen and oxygen atoms in total. The lowest BCUT2D eigenvalue weighted by atomic mass is 10.1. The van der Waals surface area contributed by atoms with E-state index in [9.17, 15) is 0 Å². The van der Waals surface area contributed by atoms with Crippen LogP contribution in [0.3, 0.4) is 0 Å². The van der Waals surface area contributed by atoms with Crippen LogP contribution < -0.4 is 5.32 Å². The van der Waals surface area contributed by atoms with Crippen molar-refractivity contribution in [1.82, 2.24) is 20.1 Å². The Bertz CT molecular complexity index is 600. The molecule has 0 fully saturated rings. The van der Waals surface area contributed by atoms with Crippen molar-refractivity contribution in [3.05, 3.63) is 23.5 Å². The maximum atomic E-state index is 6.05. The van der Waals surface area contributed by atoms with Crippen LogP contribution >= 0.6 is 11.6 Å². The van der Waals surface area contributed by atoms with Crippen molar-refractivity contribution in [1.29, 1.82) is 0 Å². The molecule has 0 radical (unpaired) electrons. The van der Waals surface area contributed by atoms with Crippen LogP contribution in [0.15, 0.2) is 18.3 Å². The van der Waals surface area contributed by atoms with Crippen LogP contribution in [0.5, 0.6) is 0 Å². The second kappa shape index (κ2) is 8.25. The minimum absolute atomic E-state index is 0.328. The van der Waals surface area contributed by atoms with Crippen molar-refractivity contribution in [2.75, 3.05) is 25.0 Å². The maximum Gasteiger partial charge on any atom is 0.178 e. The molecule has 0 aliphatic heterocycles. The van der Waals surface area contributed by atoms with Crippen LogP contribution in [0.1, 0.15) is 33.6 Å². The number of anilines is 1.